The summed E-state index contributed by atoms with van der Waals surface area (Å²) >= 11 is 0. The van der Waals surface area contributed by atoms with Crippen LogP contribution in [-0.2, 0) is 9.53 Å². The van der Waals surface area contributed by atoms with Crippen LogP contribution in [0.25, 0.3) is 0 Å². The molecule has 3 rings (SSSR count). The Morgan fingerprint density at radius 1 is 1.26 bits per heavy atom. The molecule has 1 aromatic carbocycles. The molecule has 3 heteroatoms. The van der Waals surface area contributed by atoms with Gasteiger partial charge in [-0.1, -0.05) is 49.6 Å². The molecule has 0 bridgehead atoms. The molecule has 23 heavy (non-hydrogen) atoms. The Labute approximate surface area is 139 Å². The van der Waals surface area contributed by atoms with Crippen LogP contribution in [0.3, 0.4) is 0 Å². The van der Waals surface area contributed by atoms with Crippen molar-refractivity contribution in [1.29, 1.82) is 0 Å². The van der Waals surface area contributed by atoms with Crippen LogP contribution in [0.4, 0.5) is 0 Å². The van der Waals surface area contributed by atoms with E-state index in [-0.39, 0.29) is 6.10 Å². The van der Waals surface area contributed by atoms with Crippen molar-refractivity contribution in [2.45, 2.75) is 63.2 Å². The van der Waals surface area contributed by atoms with E-state index >= 15 is 0 Å². The zero-order chi connectivity index (χ0) is 16.3. The molecule has 0 N–H and O–H groups in total. The minimum Gasteiger partial charge on any atom is -0.361 e. The van der Waals surface area contributed by atoms with Gasteiger partial charge in [0.15, 0.2) is 0 Å². The third-order valence-corrected chi connectivity index (χ3v) is 5.38. The van der Waals surface area contributed by atoms with Crippen LogP contribution in [0.1, 0.15) is 57.1 Å². The van der Waals surface area contributed by atoms with Crippen molar-refractivity contribution < 1.29 is 9.53 Å². The normalized spacial score (nSPS) is 26.1. The molecule has 3 nitrogen and oxygen atoms in total. The number of ether oxygens (including phenoxy) is 1. The molecule has 0 amide bonds. The summed E-state index contributed by atoms with van der Waals surface area (Å²) in [6.07, 6.45) is 7.24. The number of hydrogen-bond donors (Lipinski definition) is 0. The van der Waals surface area contributed by atoms with Gasteiger partial charge in [-0.2, -0.15) is 0 Å². The molecule has 2 aliphatic rings. The Bertz CT molecular complexity index is 573. The first kappa shape index (κ1) is 16.4. The third kappa shape index (κ3) is 3.74. The molecule has 0 saturated heterocycles. The van der Waals surface area contributed by atoms with Gasteiger partial charge in [0, 0.05) is 19.0 Å². The number of likely N-dealkylation sites (N-methyl/N-ethyl adjacent to an activating group) is 1. The summed E-state index contributed by atoms with van der Waals surface area (Å²) in [5.41, 5.74) is 1.54. The van der Waals surface area contributed by atoms with E-state index in [2.05, 4.69) is 36.9 Å². The van der Waals surface area contributed by atoms with E-state index in [9.17, 15) is 4.79 Å². The molecule has 2 fully saturated rings. The second kappa shape index (κ2) is 7.00. The summed E-state index contributed by atoms with van der Waals surface area (Å²) in [7, 11) is 2.18. The summed E-state index contributed by atoms with van der Waals surface area (Å²) in [6, 6.07) is 10.9. The number of benzene rings is 1. The van der Waals surface area contributed by atoms with Crippen molar-refractivity contribution in [2.75, 3.05) is 13.6 Å². The fraction of sp³-hybridized carbons (Fsp3) is 0.600. The maximum atomic E-state index is 11.2. The number of hydrogen-bond acceptors (Lipinski definition) is 3. The highest BCUT2D eigenvalue weighted by Crippen LogP contribution is 2.48. The van der Waals surface area contributed by atoms with Crippen LogP contribution < -0.4 is 0 Å². The summed E-state index contributed by atoms with van der Waals surface area (Å²) in [5, 5.41) is 0. The van der Waals surface area contributed by atoms with Crippen molar-refractivity contribution >= 4 is 5.94 Å². The molecular weight excluding hydrogens is 286 g/mol. The Morgan fingerprint density at radius 3 is 2.57 bits per heavy atom. The first-order valence-electron chi connectivity index (χ1n) is 8.82. The summed E-state index contributed by atoms with van der Waals surface area (Å²) in [4.78, 5) is 13.6. The largest absolute Gasteiger partial charge is 0.361 e. The van der Waals surface area contributed by atoms with Crippen LogP contribution in [-0.4, -0.2) is 36.1 Å². The van der Waals surface area contributed by atoms with Crippen molar-refractivity contribution in [3.63, 3.8) is 0 Å². The molecule has 1 aromatic rings. The lowest BCUT2D eigenvalue weighted by Gasteiger charge is -2.34. The maximum Gasteiger partial charge on any atom is 0.126 e. The molecule has 2 saturated carbocycles. The lowest BCUT2D eigenvalue weighted by molar-refractivity contribution is -0.0355. The first-order valence-corrected chi connectivity index (χ1v) is 8.82. The maximum absolute atomic E-state index is 11.2. The molecule has 2 unspecified atom stereocenters. The van der Waals surface area contributed by atoms with Gasteiger partial charge in [-0.25, -0.2) is 4.79 Å². The predicted molar refractivity (Wildman–Crippen MR) is 92.0 cm³/mol. The van der Waals surface area contributed by atoms with E-state index in [4.69, 9.17) is 4.74 Å². The third-order valence-electron chi connectivity index (χ3n) is 5.38. The summed E-state index contributed by atoms with van der Waals surface area (Å²) < 4.78 is 6.36. The summed E-state index contributed by atoms with van der Waals surface area (Å²) in [6.45, 7) is 2.87. The zero-order valence-corrected chi connectivity index (χ0v) is 14.3. The molecule has 0 heterocycles. The highest BCUT2D eigenvalue weighted by Gasteiger charge is 2.54. The van der Waals surface area contributed by atoms with Gasteiger partial charge >= 0.3 is 0 Å². The van der Waals surface area contributed by atoms with E-state index in [0.717, 1.165) is 24.1 Å². The SMILES string of the molecule is CC(OC1(CN(C)C2CCCCC2)CC1=C=O)c1ccccc1. The Hall–Kier alpha value is -1.41. The van der Waals surface area contributed by atoms with Gasteiger partial charge in [0.1, 0.15) is 11.5 Å². The lowest BCUT2D eigenvalue weighted by atomic mass is 9.94. The standard InChI is InChI=1S/C20H27NO2/c1-16(17-9-5-3-6-10-17)23-20(13-18(20)14-22)15-21(2)19-11-7-4-8-12-19/h3,5-6,9-10,16,19H,4,7-8,11-13,15H2,1-2H3. The van der Waals surface area contributed by atoms with Crippen molar-refractivity contribution in [3.05, 3.63) is 41.5 Å². The van der Waals surface area contributed by atoms with Gasteiger partial charge in [0.25, 0.3) is 0 Å². The topological polar surface area (TPSA) is 29.5 Å². The highest BCUT2D eigenvalue weighted by atomic mass is 16.5. The predicted octanol–water partition coefficient (Wildman–Crippen LogP) is 3.93. The van der Waals surface area contributed by atoms with E-state index in [1.165, 1.54) is 32.1 Å². The number of nitrogens with zero attached hydrogens (tertiary/aromatic N) is 1. The van der Waals surface area contributed by atoms with Crippen LogP contribution in [0.2, 0.25) is 0 Å². The monoisotopic (exact) mass is 313 g/mol. The van der Waals surface area contributed by atoms with E-state index in [1.54, 1.807) is 0 Å². The Morgan fingerprint density at radius 2 is 1.96 bits per heavy atom. The fourth-order valence-corrected chi connectivity index (χ4v) is 3.86. The van der Waals surface area contributed by atoms with Crippen LogP contribution in [0, 0.1) is 0 Å². The van der Waals surface area contributed by atoms with E-state index < -0.39 is 5.60 Å². The average Bonchev–Trinajstić information content (AvgIpc) is 3.28. The Balaban J connectivity index is 1.67. The lowest BCUT2D eigenvalue weighted by Crippen LogP contribution is -2.41. The van der Waals surface area contributed by atoms with Gasteiger partial charge in [-0.3, -0.25) is 0 Å². The highest BCUT2D eigenvalue weighted by molar-refractivity contribution is 5.65. The minimum atomic E-state index is -0.413. The van der Waals surface area contributed by atoms with Crippen molar-refractivity contribution in [2.24, 2.45) is 0 Å². The smallest absolute Gasteiger partial charge is 0.126 e. The van der Waals surface area contributed by atoms with E-state index in [0.29, 0.717) is 6.04 Å². The van der Waals surface area contributed by atoms with Gasteiger partial charge in [-0.15, -0.1) is 0 Å². The minimum absolute atomic E-state index is 0.0122. The van der Waals surface area contributed by atoms with Gasteiger partial charge in [-0.05, 0) is 32.4 Å². The van der Waals surface area contributed by atoms with Crippen LogP contribution in [0.5, 0.6) is 0 Å². The molecular formula is C20H27NO2. The number of carbonyl (C=O) groups excluding carboxylic acids is 1. The van der Waals surface area contributed by atoms with Crippen LogP contribution >= 0.6 is 0 Å². The van der Waals surface area contributed by atoms with Crippen molar-refractivity contribution in [1.82, 2.24) is 4.90 Å². The molecule has 0 spiro atoms. The quantitative estimate of drug-likeness (QED) is 0.745. The van der Waals surface area contributed by atoms with E-state index in [1.807, 2.05) is 18.2 Å². The fourth-order valence-electron chi connectivity index (χ4n) is 3.86. The van der Waals surface area contributed by atoms with Gasteiger partial charge in [0.05, 0.1) is 11.7 Å². The molecule has 124 valence electrons. The zero-order valence-electron chi connectivity index (χ0n) is 14.3. The van der Waals surface area contributed by atoms with Crippen molar-refractivity contribution in [3.8, 4) is 0 Å². The molecule has 2 aliphatic carbocycles. The summed E-state index contributed by atoms with van der Waals surface area (Å²) in [5.74, 6) is 2.11. The molecule has 2 atom stereocenters. The first-order chi connectivity index (χ1) is 11.1. The molecule has 0 aliphatic heterocycles. The molecule has 0 radical (unpaired) electrons. The van der Waals surface area contributed by atoms with Gasteiger partial charge in [0.2, 0.25) is 0 Å². The second-order valence-electron chi connectivity index (χ2n) is 7.13. The second-order valence-corrected chi connectivity index (χ2v) is 7.13. The van der Waals surface area contributed by atoms with Crippen LogP contribution in [0.15, 0.2) is 35.9 Å². The number of rotatable bonds is 6. The Kier molecular flexibility index (Phi) is 5.01. The average molecular weight is 313 g/mol. The molecule has 0 aromatic heterocycles. The van der Waals surface area contributed by atoms with Gasteiger partial charge < -0.3 is 9.64 Å².